The number of likely N-dealkylation sites (N-methyl/N-ethyl adjacent to an activating group) is 1. The highest BCUT2D eigenvalue weighted by molar-refractivity contribution is 6.06. The molecule has 0 spiro atoms. The molecule has 0 atom stereocenters. The number of nitrogen functional groups attached to an aromatic ring is 1. The van der Waals surface area contributed by atoms with Crippen molar-refractivity contribution in [3.8, 4) is 5.75 Å². The molecule has 0 fully saturated rings. The van der Waals surface area contributed by atoms with E-state index >= 15 is 0 Å². The third-order valence-corrected chi connectivity index (χ3v) is 7.56. The number of rotatable bonds is 17. The summed E-state index contributed by atoms with van der Waals surface area (Å²) < 4.78 is 12.9. The number of amides is 1. The minimum Gasteiger partial charge on any atom is -0.481 e. The molecule has 0 aliphatic rings. The molecule has 0 aliphatic heterocycles. The number of benzene rings is 2. The molecule has 12 nitrogen and oxygen atoms in total. The van der Waals surface area contributed by atoms with Gasteiger partial charge in [-0.05, 0) is 43.3 Å². The molecule has 234 valence electrons. The number of nitrogens with zero attached hydrogens (tertiary/aromatic N) is 5. The molecule has 1 amide bonds. The first-order chi connectivity index (χ1) is 21.3. The highest BCUT2D eigenvalue weighted by Crippen LogP contribution is 2.29. The first kappa shape index (κ1) is 32.4. The number of aromatic nitrogens is 3. The molecule has 0 bridgehead atoms. The van der Waals surface area contributed by atoms with Crippen LogP contribution in [0.25, 0.3) is 21.9 Å². The van der Waals surface area contributed by atoms with Crippen LogP contribution in [-0.2, 0) is 33.8 Å². The van der Waals surface area contributed by atoms with E-state index in [2.05, 4.69) is 14.5 Å². The number of hydrogen-bond donors (Lipinski definition) is 2. The van der Waals surface area contributed by atoms with Crippen molar-refractivity contribution < 1.29 is 29.0 Å². The number of ether oxygens (including phenoxy) is 2. The summed E-state index contributed by atoms with van der Waals surface area (Å²) in [6, 6.07) is 12.8. The van der Waals surface area contributed by atoms with Crippen LogP contribution in [0.15, 0.2) is 42.5 Å². The largest absolute Gasteiger partial charge is 0.481 e. The number of aldehydes is 1. The van der Waals surface area contributed by atoms with E-state index in [1.54, 1.807) is 30.2 Å². The van der Waals surface area contributed by atoms with Gasteiger partial charge in [-0.3, -0.25) is 14.5 Å². The third-order valence-electron chi connectivity index (χ3n) is 7.56. The highest BCUT2D eigenvalue weighted by atomic mass is 16.5. The van der Waals surface area contributed by atoms with Crippen LogP contribution in [0.1, 0.15) is 42.0 Å². The lowest BCUT2D eigenvalue weighted by atomic mass is 10.1. The Morgan fingerprint density at radius 3 is 2.59 bits per heavy atom. The van der Waals surface area contributed by atoms with Gasteiger partial charge in [0.15, 0.2) is 18.7 Å². The maximum atomic E-state index is 13.6. The monoisotopic (exact) mass is 604 g/mol. The maximum absolute atomic E-state index is 13.6. The molecule has 12 heteroatoms. The van der Waals surface area contributed by atoms with Crippen LogP contribution in [0.4, 0.5) is 5.82 Å². The summed E-state index contributed by atoms with van der Waals surface area (Å²) >= 11 is 0. The zero-order valence-corrected chi connectivity index (χ0v) is 25.5. The van der Waals surface area contributed by atoms with E-state index in [1.807, 2.05) is 38.1 Å². The summed E-state index contributed by atoms with van der Waals surface area (Å²) in [4.78, 5) is 49.4. The average Bonchev–Trinajstić information content (AvgIpc) is 3.40. The van der Waals surface area contributed by atoms with Gasteiger partial charge in [0.2, 0.25) is 5.91 Å². The molecule has 2 aromatic carbocycles. The zero-order valence-electron chi connectivity index (χ0n) is 25.5. The number of carbonyl (C=O) groups excluding carboxylic acids is 2. The summed E-state index contributed by atoms with van der Waals surface area (Å²) in [5.41, 5.74) is 9.65. The summed E-state index contributed by atoms with van der Waals surface area (Å²) in [6.07, 6.45) is 1.83. The molecule has 44 heavy (non-hydrogen) atoms. The number of fused-ring (bicyclic) bond motifs is 3. The minimum atomic E-state index is -1.15. The predicted octanol–water partition coefficient (Wildman–Crippen LogP) is 3.39. The van der Waals surface area contributed by atoms with Crippen molar-refractivity contribution >= 4 is 45.9 Å². The number of carboxylic acid groups (broad SMARTS) is 1. The van der Waals surface area contributed by atoms with Gasteiger partial charge in [-0.25, -0.2) is 14.8 Å². The van der Waals surface area contributed by atoms with Gasteiger partial charge in [-0.1, -0.05) is 38.1 Å². The van der Waals surface area contributed by atoms with Crippen LogP contribution >= 0.6 is 0 Å². The van der Waals surface area contributed by atoms with Crippen molar-refractivity contribution in [3.63, 3.8) is 0 Å². The summed E-state index contributed by atoms with van der Waals surface area (Å²) in [7, 11) is 1.65. The summed E-state index contributed by atoms with van der Waals surface area (Å²) in [5.74, 6) is 0.187. The van der Waals surface area contributed by atoms with E-state index in [1.165, 1.54) is 0 Å². The Morgan fingerprint density at radius 2 is 1.89 bits per heavy atom. The smallest absolute Gasteiger partial charge is 0.341 e. The number of methoxy groups -OCH3 is 1. The second-order valence-corrected chi connectivity index (χ2v) is 10.4. The minimum absolute atomic E-state index is 0.0323. The van der Waals surface area contributed by atoms with Crippen molar-refractivity contribution in [1.29, 1.82) is 0 Å². The van der Waals surface area contributed by atoms with Gasteiger partial charge in [-0.15, -0.1) is 0 Å². The number of carboxylic acids is 1. The Balaban J connectivity index is 1.63. The second kappa shape index (κ2) is 15.3. The Hall–Kier alpha value is -4.55. The lowest BCUT2D eigenvalue weighted by Crippen LogP contribution is -2.40. The Labute approximate surface area is 256 Å². The lowest BCUT2D eigenvalue weighted by molar-refractivity contribution is -0.139. The van der Waals surface area contributed by atoms with Crippen molar-refractivity contribution in [2.24, 2.45) is 0 Å². The lowest BCUT2D eigenvalue weighted by Gasteiger charge is -2.27. The number of carbonyl (C=O) groups is 3. The van der Waals surface area contributed by atoms with E-state index in [4.69, 9.17) is 25.3 Å². The van der Waals surface area contributed by atoms with E-state index in [0.717, 1.165) is 40.9 Å². The fourth-order valence-electron chi connectivity index (χ4n) is 5.24. The highest BCUT2D eigenvalue weighted by Gasteiger charge is 2.20. The first-order valence-electron chi connectivity index (χ1n) is 14.7. The van der Waals surface area contributed by atoms with Crippen molar-refractivity contribution in [2.45, 2.75) is 39.8 Å². The number of hydrogen-bond acceptors (Lipinski definition) is 9. The Kier molecular flexibility index (Phi) is 11.2. The molecule has 2 aromatic heterocycles. The molecule has 4 aromatic rings. The molecule has 0 unspecified atom stereocenters. The Bertz CT molecular complexity index is 1620. The van der Waals surface area contributed by atoms with Crippen LogP contribution < -0.4 is 10.5 Å². The van der Waals surface area contributed by atoms with E-state index < -0.39 is 12.6 Å². The van der Waals surface area contributed by atoms with Gasteiger partial charge in [0.05, 0.1) is 29.7 Å². The van der Waals surface area contributed by atoms with Gasteiger partial charge < -0.3 is 29.8 Å². The SMILES string of the molecule is CCN(CC)CC(=O)N(CCCn1c(CCOC)nc2c(N)nc3ccccc3c21)Cc1ccc(C=O)c(OCC(=O)O)c1. The maximum Gasteiger partial charge on any atom is 0.341 e. The fourth-order valence-corrected chi connectivity index (χ4v) is 5.24. The quantitative estimate of drug-likeness (QED) is 0.172. The third kappa shape index (κ3) is 7.69. The second-order valence-electron chi connectivity index (χ2n) is 10.4. The van der Waals surface area contributed by atoms with Crippen LogP contribution in [-0.4, -0.2) is 94.1 Å². The van der Waals surface area contributed by atoms with Gasteiger partial charge in [-0.2, -0.15) is 0 Å². The number of pyridine rings is 1. The average molecular weight is 605 g/mol. The van der Waals surface area contributed by atoms with Crippen LogP contribution in [0.5, 0.6) is 5.75 Å². The fraction of sp³-hybridized carbons (Fsp3) is 0.406. The first-order valence-corrected chi connectivity index (χ1v) is 14.7. The molecule has 2 heterocycles. The standard InChI is InChI=1S/C32H40N6O6/c1-4-36(5-2)19-28(40)37(18-22-11-12-23(20-39)26(17-22)44-21-29(41)42)14-8-15-38-27(13-16-43-3)35-30-31(38)24-9-6-7-10-25(24)34-32(30)33/h6-7,9-12,17,20H,4-5,8,13-16,18-19,21H2,1-3H3,(H2,33,34)(H,41,42). The number of para-hydroxylation sites is 1. The van der Waals surface area contributed by atoms with Crippen LogP contribution in [0, 0.1) is 0 Å². The molecule has 0 saturated carbocycles. The van der Waals surface area contributed by atoms with Crippen LogP contribution in [0.2, 0.25) is 0 Å². The number of nitrogens with two attached hydrogens (primary N) is 1. The normalized spacial score (nSPS) is 11.4. The van der Waals surface area contributed by atoms with Crippen molar-refractivity contribution in [3.05, 3.63) is 59.4 Å². The summed E-state index contributed by atoms with van der Waals surface area (Å²) in [5, 5.41) is 9.99. The number of aliphatic carboxylic acids is 1. The Morgan fingerprint density at radius 1 is 1.11 bits per heavy atom. The number of aryl methyl sites for hydroxylation is 1. The molecular weight excluding hydrogens is 564 g/mol. The molecule has 0 saturated heterocycles. The van der Waals surface area contributed by atoms with Gasteiger partial charge in [0.25, 0.3) is 0 Å². The molecule has 3 N–H and O–H groups in total. The van der Waals surface area contributed by atoms with Crippen molar-refractivity contribution in [2.75, 3.05) is 52.2 Å². The zero-order chi connectivity index (χ0) is 31.6. The van der Waals surface area contributed by atoms with Crippen molar-refractivity contribution in [1.82, 2.24) is 24.3 Å². The van der Waals surface area contributed by atoms with Gasteiger partial charge in [0.1, 0.15) is 17.1 Å². The molecule has 0 radical (unpaired) electrons. The summed E-state index contributed by atoms with van der Waals surface area (Å²) in [6.45, 7) is 6.99. The predicted molar refractivity (Wildman–Crippen MR) is 168 cm³/mol. The molecule has 4 rings (SSSR count). The van der Waals surface area contributed by atoms with E-state index in [0.29, 0.717) is 50.2 Å². The van der Waals surface area contributed by atoms with Gasteiger partial charge in [0, 0.05) is 38.6 Å². The van der Waals surface area contributed by atoms with Crippen LogP contribution in [0.3, 0.4) is 0 Å². The number of anilines is 1. The van der Waals surface area contributed by atoms with Gasteiger partial charge >= 0.3 is 5.97 Å². The van der Waals surface area contributed by atoms with E-state index in [-0.39, 0.29) is 30.3 Å². The number of imidazole rings is 1. The molecule has 0 aliphatic carbocycles. The molecular formula is C32H40N6O6. The van der Waals surface area contributed by atoms with E-state index in [9.17, 15) is 14.4 Å². The topological polar surface area (TPSA) is 153 Å².